The van der Waals surface area contributed by atoms with Crippen LogP contribution in [-0.2, 0) is 9.53 Å². The predicted molar refractivity (Wildman–Crippen MR) is 149 cm³/mol. The summed E-state index contributed by atoms with van der Waals surface area (Å²) in [4.78, 5) is 30.5. The number of likely N-dealkylation sites (N-methyl/N-ethyl adjacent to an activating group) is 1. The molecule has 39 heavy (non-hydrogen) atoms. The van der Waals surface area contributed by atoms with Gasteiger partial charge in [0.1, 0.15) is 23.2 Å². The van der Waals surface area contributed by atoms with Crippen LogP contribution in [0.3, 0.4) is 0 Å². The van der Waals surface area contributed by atoms with Gasteiger partial charge in [-0.15, -0.1) is 0 Å². The van der Waals surface area contributed by atoms with Crippen LogP contribution in [0.4, 0.5) is 26.2 Å². The Morgan fingerprint density at radius 2 is 2.00 bits per heavy atom. The van der Waals surface area contributed by atoms with E-state index in [1.807, 2.05) is 0 Å². The van der Waals surface area contributed by atoms with Gasteiger partial charge in [-0.25, -0.2) is 9.18 Å². The first kappa shape index (κ1) is 29.2. The number of pyridine rings is 1. The summed E-state index contributed by atoms with van der Waals surface area (Å²) in [7, 11) is 1.56. The zero-order valence-electron chi connectivity index (χ0n) is 22.3. The maximum absolute atomic E-state index is 13.7. The number of nitrogens with one attached hydrogen (secondary N) is 2. The summed E-state index contributed by atoms with van der Waals surface area (Å²) in [5, 5.41) is 16.0. The fraction of sp³-hybridized carbons (Fsp3) is 0.286. The molecule has 0 radical (unpaired) electrons. The Bertz CT molecular complexity index is 1460. The maximum Gasteiger partial charge on any atom is 0.410 e. The van der Waals surface area contributed by atoms with Gasteiger partial charge in [0.15, 0.2) is 0 Å². The van der Waals surface area contributed by atoms with Crippen molar-refractivity contribution in [3.8, 4) is 11.8 Å². The molecule has 9 nitrogen and oxygen atoms in total. The van der Waals surface area contributed by atoms with Crippen LogP contribution in [-0.4, -0.2) is 47.7 Å². The van der Waals surface area contributed by atoms with E-state index >= 15 is 0 Å². The van der Waals surface area contributed by atoms with E-state index in [-0.39, 0.29) is 17.1 Å². The van der Waals surface area contributed by atoms with E-state index in [4.69, 9.17) is 21.1 Å². The minimum absolute atomic E-state index is 0.0763. The first-order valence-electron chi connectivity index (χ1n) is 12.0. The van der Waals surface area contributed by atoms with Gasteiger partial charge in [-0.05, 0) is 52.0 Å². The molecule has 0 atom stereocenters. The number of ether oxygens (including phenoxy) is 2. The van der Waals surface area contributed by atoms with Crippen LogP contribution in [0.15, 0.2) is 48.7 Å². The lowest BCUT2D eigenvalue weighted by Crippen LogP contribution is -2.34. The van der Waals surface area contributed by atoms with Crippen molar-refractivity contribution >= 4 is 51.6 Å². The van der Waals surface area contributed by atoms with Crippen LogP contribution >= 0.6 is 11.6 Å². The highest BCUT2D eigenvalue weighted by atomic mass is 35.5. The number of aromatic nitrogens is 1. The van der Waals surface area contributed by atoms with Crippen molar-refractivity contribution in [3.63, 3.8) is 0 Å². The molecule has 0 aliphatic carbocycles. The number of nitriles is 1. The van der Waals surface area contributed by atoms with E-state index in [2.05, 4.69) is 21.7 Å². The number of nitrogens with zero attached hydrogens (tertiary/aromatic N) is 3. The molecule has 204 valence electrons. The lowest BCUT2D eigenvalue weighted by molar-refractivity contribution is -0.112. The Labute approximate surface area is 231 Å². The zero-order chi connectivity index (χ0) is 28.7. The summed E-state index contributed by atoms with van der Waals surface area (Å²) in [6, 6.07) is 9.49. The zero-order valence-corrected chi connectivity index (χ0v) is 23.0. The van der Waals surface area contributed by atoms with E-state index in [0.29, 0.717) is 40.3 Å². The Morgan fingerprint density at radius 3 is 2.64 bits per heavy atom. The van der Waals surface area contributed by atoms with Crippen molar-refractivity contribution in [2.75, 3.05) is 30.8 Å². The fourth-order valence-electron chi connectivity index (χ4n) is 3.44. The molecule has 0 bridgehead atoms. The molecule has 1 heterocycles. The molecule has 3 aromatic rings. The van der Waals surface area contributed by atoms with Gasteiger partial charge in [0.25, 0.3) is 0 Å². The molecule has 0 saturated carbocycles. The highest BCUT2D eigenvalue weighted by Crippen LogP contribution is 2.36. The molecule has 2 aromatic carbocycles. The number of halogens is 2. The summed E-state index contributed by atoms with van der Waals surface area (Å²) >= 11 is 5.93. The second-order valence-electron chi connectivity index (χ2n) is 9.46. The van der Waals surface area contributed by atoms with Gasteiger partial charge in [-0.3, -0.25) is 9.78 Å². The van der Waals surface area contributed by atoms with Crippen molar-refractivity contribution < 1.29 is 23.5 Å². The smallest absolute Gasteiger partial charge is 0.410 e. The molecule has 11 heteroatoms. The molecule has 3 rings (SSSR count). The van der Waals surface area contributed by atoms with Crippen molar-refractivity contribution in [1.29, 1.82) is 5.26 Å². The SMILES string of the molecule is CCOc1cc2ncc(C#N)c(Nc3ccc(F)c(Cl)c3)c2cc1NC(=O)C=CCN(C)C(=O)OC(C)(C)C. The average molecular weight is 554 g/mol. The standard InChI is InChI=1S/C28H29ClFN5O4/c1-6-38-24-14-22-19(26(17(15-31)16-32-22)33-18-9-10-21(30)20(29)12-18)13-23(24)34-25(36)8-7-11-35(5)27(37)39-28(2,3)4/h7-10,12-14,16H,6,11H2,1-5H3,(H,32,33)(H,34,36). The van der Waals surface area contributed by atoms with Crippen LogP contribution < -0.4 is 15.4 Å². The Hall–Kier alpha value is -4.36. The van der Waals surface area contributed by atoms with Crippen molar-refractivity contribution in [1.82, 2.24) is 9.88 Å². The lowest BCUT2D eigenvalue weighted by Gasteiger charge is -2.23. The Kier molecular flexibility index (Phi) is 9.33. The number of fused-ring (bicyclic) bond motifs is 1. The van der Waals surface area contributed by atoms with Crippen molar-refractivity contribution in [2.24, 2.45) is 0 Å². The molecule has 0 unspecified atom stereocenters. The number of anilines is 3. The predicted octanol–water partition coefficient (Wildman–Crippen LogP) is 6.40. The number of hydrogen-bond donors (Lipinski definition) is 2. The van der Waals surface area contributed by atoms with Gasteiger partial charge in [0.05, 0.1) is 34.1 Å². The third-order valence-corrected chi connectivity index (χ3v) is 5.48. The number of rotatable bonds is 8. The quantitative estimate of drug-likeness (QED) is 0.310. The number of carbonyl (C=O) groups is 2. The molecular weight excluding hydrogens is 525 g/mol. The highest BCUT2D eigenvalue weighted by molar-refractivity contribution is 6.31. The molecule has 2 amide bonds. The maximum atomic E-state index is 13.7. The summed E-state index contributed by atoms with van der Waals surface area (Å²) < 4.78 is 24.7. The molecule has 1 aromatic heterocycles. The van der Waals surface area contributed by atoms with E-state index in [0.717, 1.165) is 0 Å². The molecule has 0 spiro atoms. The largest absolute Gasteiger partial charge is 0.492 e. The summed E-state index contributed by atoms with van der Waals surface area (Å²) in [6.45, 7) is 7.60. The second kappa shape index (κ2) is 12.5. The van der Waals surface area contributed by atoms with Gasteiger partial charge in [0.2, 0.25) is 5.91 Å². The van der Waals surface area contributed by atoms with Gasteiger partial charge in [-0.1, -0.05) is 17.7 Å². The minimum atomic E-state index is -0.630. The third kappa shape index (κ3) is 7.82. The number of hydrogen-bond acceptors (Lipinski definition) is 7. The summed E-state index contributed by atoms with van der Waals surface area (Å²) in [6.07, 6.45) is 3.73. The minimum Gasteiger partial charge on any atom is -0.492 e. The molecule has 0 aliphatic heterocycles. The molecular formula is C28H29ClFN5O4. The van der Waals surface area contributed by atoms with Crippen LogP contribution in [0.2, 0.25) is 5.02 Å². The van der Waals surface area contributed by atoms with Gasteiger partial charge >= 0.3 is 6.09 Å². The fourth-order valence-corrected chi connectivity index (χ4v) is 3.62. The molecule has 0 saturated heterocycles. The molecule has 2 N–H and O–H groups in total. The normalized spacial score (nSPS) is 11.2. The van der Waals surface area contributed by atoms with E-state index in [1.54, 1.807) is 46.9 Å². The third-order valence-electron chi connectivity index (χ3n) is 5.19. The van der Waals surface area contributed by atoms with Gasteiger partial charge in [0, 0.05) is 43.0 Å². The van der Waals surface area contributed by atoms with Crippen molar-refractivity contribution in [3.05, 3.63) is 65.1 Å². The van der Waals surface area contributed by atoms with Crippen LogP contribution in [0.5, 0.6) is 5.75 Å². The lowest BCUT2D eigenvalue weighted by atomic mass is 10.1. The molecule has 0 aliphatic rings. The monoisotopic (exact) mass is 553 g/mol. The number of amides is 2. The Balaban J connectivity index is 1.90. The number of benzene rings is 2. The molecule has 0 fully saturated rings. The summed E-state index contributed by atoms with van der Waals surface area (Å²) in [5.74, 6) is -0.651. The summed E-state index contributed by atoms with van der Waals surface area (Å²) in [5.41, 5.74) is 1.31. The van der Waals surface area contributed by atoms with Crippen LogP contribution in [0.1, 0.15) is 33.3 Å². The second-order valence-corrected chi connectivity index (χ2v) is 9.87. The van der Waals surface area contributed by atoms with Gasteiger partial charge < -0.3 is 25.0 Å². The Morgan fingerprint density at radius 1 is 1.26 bits per heavy atom. The average Bonchev–Trinajstić information content (AvgIpc) is 2.86. The van der Waals surface area contributed by atoms with Gasteiger partial charge in [-0.2, -0.15) is 5.26 Å². The van der Waals surface area contributed by atoms with Crippen LogP contribution in [0, 0.1) is 17.1 Å². The van der Waals surface area contributed by atoms with E-state index in [1.165, 1.54) is 41.4 Å². The van der Waals surface area contributed by atoms with Crippen molar-refractivity contribution in [2.45, 2.75) is 33.3 Å². The highest BCUT2D eigenvalue weighted by Gasteiger charge is 2.19. The van der Waals surface area contributed by atoms with E-state index in [9.17, 15) is 19.2 Å². The first-order valence-corrected chi connectivity index (χ1v) is 12.4. The first-order chi connectivity index (χ1) is 18.4. The topological polar surface area (TPSA) is 117 Å². The van der Waals surface area contributed by atoms with E-state index < -0.39 is 23.4 Å². The number of carbonyl (C=O) groups excluding carboxylic acids is 2. The van der Waals surface area contributed by atoms with Crippen LogP contribution in [0.25, 0.3) is 10.9 Å².